The summed E-state index contributed by atoms with van der Waals surface area (Å²) in [6, 6.07) is 9.06. The van der Waals surface area contributed by atoms with Gasteiger partial charge < -0.3 is 20.1 Å². The predicted molar refractivity (Wildman–Crippen MR) is 93.1 cm³/mol. The summed E-state index contributed by atoms with van der Waals surface area (Å²) in [6.07, 6.45) is -0.362. The molecule has 1 saturated heterocycles. The smallest absolute Gasteiger partial charge is 0.168 e. The van der Waals surface area contributed by atoms with Gasteiger partial charge in [0.15, 0.2) is 11.9 Å². The van der Waals surface area contributed by atoms with Crippen molar-refractivity contribution < 1.29 is 20.1 Å². The third kappa shape index (κ3) is 2.67. The molecule has 27 heavy (non-hydrogen) atoms. The Hall–Kier alpha value is -2.90. The number of aliphatic hydroxyl groups is 3. The highest BCUT2D eigenvalue weighted by molar-refractivity contribution is 5.87. The van der Waals surface area contributed by atoms with Crippen LogP contribution in [0.4, 0.5) is 0 Å². The summed E-state index contributed by atoms with van der Waals surface area (Å²) in [7, 11) is 0. The van der Waals surface area contributed by atoms with E-state index in [2.05, 4.69) is 21.0 Å². The van der Waals surface area contributed by atoms with Crippen molar-refractivity contribution in [1.82, 2.24) is 19.5 Å². The first-order valence-corrected chi connectivity index (χ1v) is 8.32. The van der Waals surface area contributed by atoms with E-state index in [0.29, 0.717) is 28.0 Å². The first-order chi connectivity index (χ1) is 13.0. The number of imidazole rings is 1. The van der Waals surface area contributed by atoms with Crippen LogP contribution < -0.4 is 0 Å². The monoisotopic (exact) mass is 367 g/mol. The highest BCUT2D eigenvalue weighted by atomic mass is 16.6. The van der Waals surface area contributed by atoms with Gasteiger partial charge in [-0.2, -0.15) is 5.26 Å². The Morgan fingerprint density at radius 1 is 1.33 bits per heavy atom. The molecule has 1 aliphatic heterocycles. The van der Waals surface area contributed by atoms with E-state index >= 15 is 0 Å². The van der Waals surface area contributed by atoms with Crippen LogP contribution >= 0.6 is 0 Å². The standard InChI is InChI=1S/C18H17N5O4/c1-18(26)15(25)12(7-24)27-17(18)23-9-22-14-13(20-8-21-16(14)23)11-4-2-3-10(5-11)6-19/h2-5,8-9,12,15,17,24-26H,7H2,1H3/t12-,15-,17-,18-/m1/s1. The number of fused-ring (bicyclic) bond motifs is 1. The molecule has 3 N–H and O–H groups in total. The van der Waals surface area contributed by atoms with E-state index in [1.165, 1.54) is 24.1 Å². The molecule has 4 atom stereocenters. The van der Waals surface area contributed by atoms with E-state index in [4.69, 9.17) is 10.00 Å². The first-order valence-electron chi connectivity index (χ1n) is 8.32. The Morgan fingerprint density at radius 3 is 2.85 bits per heavy atom. The minimum atomic E-state index is -1.65. The molecule has 0 unspecified atom stereocenters. The molecule has 4 rings (SSSR count). The second-order valence-corrected chi connectivity index (χ2v) is 6.62. The van der Waals surface area contributed by atoms with Gasteiger partial charge in [0.05, 0.1) is 24.6 Å². The van der Waals surface area contributed by atoms with Crippen molar-refractivity contribution in [2.45, 2.75) is 31.0 Å². The minimum Gasteiger partial charge on any atom is -0.394 e. The summed E-state index contributed by atoms with van der Waals surface area (Å²) in [5.41, 5.74) is 0.959. The predicted octanol–water partition coefficient (Wildman–Crippen LogP) is 0.367. The van der Waals surface area contributed by atoms with Gasteiger partial charge >= 0.3 is 0 Å². The van der Waals surface area contributed by atoms with Crippen molar-refractivity contribution in [1.29, 1.82) is 5.26 Å². The zero-order chi connectivity index (χ0) is 19.2. The number of rotatable bonds is 3. The average Bonchev–Trinajstić information content (AvgIpc) is 3.20. The van der Waals surface area contributed by atoms with E-state index < -0.39 is 30.6 Å². The number of benzene rings is 1. The minimum absolute atomic E-state index is 0.401. The van der Waals surface area contributed by atoms with Gasteiger partial charge in [-0.15, -0.1) is 0 Å². The lowest BCUT2D eigenvalue weighted by Crippen LogP contribution is -2.44. The highest BCUT2D eigenvalue weighted by Gasteiger charge is 2.53. The van der Waals surface area contributed by atoms with Gasteiger partial charge in [-0.1, -0.05) is 12.1 Å². The number of hydrogen-bond acceptors (Lipinski definition) is 8. The topological polar surface area (TPSA) is 137 Å². The van der Waals surface area contributed by atoms with Crippen molar-refractivity contribution in [2.24, 2.45) is 0 Å². The van der Waals surface area contributed by atoms with Gasteiger partial charge in [0.1, 0.15) is 35.3 Å². The lowest BCUT2D eigenvalue weighted by Gasteiger charge is -2.27. The van der Waals surface area contributed by atoms with Crippen LogP contribution in [0.25, 0.3) is 22.4 Å². The normalized spacial score (nSPS) is 27.7. The van der Waals surface area contributed by atoms with Crippen molar-refractivity contribution in [3.63, 3.8) is 0 Å². The van der Waals surface area contributed by atoms with Crippen LogP contribution in [0.15, 0.2) is 36.9 Å². The summed E-state index contributed by atoms with van der Waals surface area (Å²) in [4.78, 5) is 12.9. The zero-order valence-corrected chi connectivity index (χ0v) is 14.4. The molecule has 0 spiro atoms. The van der Waals surface area contributed by atoms with Crippen LogP contribution in [0.5, 0.6) is 0 Å². The van der Waals surface area contributed by atoms with Crippen LogP contribution in [0.2, 0.25) is 0 Å². The molecule has 0 aliphatic carbocycles. The summed E-state index contributed by atoms with van der Waals surface area (Å²) in [5, 5.41) is 39.4. The molecule has 1 aromatic carbocycles. The van der Waals surface area contributed by atoms with Crippen LogP contribution in [0, 0.1) is 11.3 Å². The number of nitrogens with zero attached hydrogens (tertiary/aromatic N) is 5. The molecule has 138 valence electrons. The van der Waals surface area contributed by atoms with E-state index in [-0.39, 0.29) is 0 Å². The largest absolute Gasteiger partial charge is 0.394 e. The number of aliphatic hydroxyl groups excluding tert-OH is 2. The van der Waals surface area contributed by atoms with Crippen molar-refractivity contribution in [2.75, 3.05) is 6.61 Å². The molecule has 0 saturated carbocycles. The summed E-state index contributed by atoms with van der Waals surface area (Å²) in [5.74, 6) is 0. The molecular formula is C18H17N5O4. The van der Waals surface area contributed by atoms with Gasteiger partial charge in [-0.05, 0) is 19.1 Å². The molecule has 1 aliphatic rings. The first kappa shape index (κ1) is 17.5. The van der Waals surface area contributed by atoms with Crippen molar-refractivity contribution in [3.8, 4) is 17.3 Å². The maximum absolute atomic E-state index is 10.7. The fourth-order valence-electron chi connectivity index (χ4n) is 3.36. The molecule has 1 fully saturated rings. The van der Waals surface area contributed by atoms with Crippen LogP contribution in [0.3, 0.4) is 0 Å². The Bertz CT molecular complexity index is 1040. The number of ether oxygens (including phenoxy) is 1. The summed E-state index contributed by atoms with van der Waals surface area (Å²) < 4.78 is 7.15. The maximum Gasteiger partial charge on any atom is 0.168 e. The van der Waals surface area contributed by atoms with E-state index in [0.717, 1.165) is 0 Å². The van der Waals surface area contributed by atoms with Gasteiger partial charge in [-0.25, -0.2) is 15.0 Å². The quantitative estimate of drug-likeness (QED) is 0.604. The zero-order valence-electron chi connectivity index (χ0n) is 14.4. The molecular weight excluding hydrogens is 350 g/mol. The van der Waals surface area contributed by atoms with Crippen molar-refractivity contribution >= 4 is 11.2 Å². The third-order valence-corrected chi connectivity index (χ3v) is 4.81. The molecule has 9 nitrogen and oxygen atoms in total. The maximum atomic E-state index is 10.7. The summed E-state index contributed by atoms with van der Waals surface area (Å²) in [6.45, 7) is 1.00. The number of nitriles is 1. The lowest BCUT2D eigenvalue weighted by molar-refractivity contribution is -0.0950. The van der Waals surface area contributed by atoms with E-state index in [1.807, 2.05) is 6.07 Å². The third-order valence-electron chi connectivity index (χ3n) is 4.81. The summed E-state index contributed by atoms with van der Waals surface area (Å²) >= 11 is 0. The Morgan fingerprint density at radius 2 is 2.15 bits per heavy atom. The average molecular weight is 367 g/mol. The van der Waals surface area contributed by atoms with Crippen molar-refractivity contribution in [3.05, 3.63) is 42.5 Å². The Balaban J connectivity index is 1.83. The Kier molecular flexibility index (Phi) is 4.13. The molecule has 3 heterocycles. The van der Waals surface area contributed by atoms with Crippen LogP contribution in [0.1, 0.15) is 18.7 Å². The van der Waals surface area contributed by atoms with Gasteiger partial charge in [-0.3, -0.25) is 4.57 Å². The fraction of sp³-hybridized carbons (Fsp3) is 0.333. The second-order valence-electron chi connectivity index (χ2n) is 6.62. The Labute approximate surface area is 154 Å². The van der Waals surface area contributed by atoms with Crippen LogP contribution in [-0.2, 0) is 4.74 Å². The van der Waals surface area contributed by atoms with Gasteiger partial charge in [0.25, 0.3) is 0 Å². The van der Waals surface area contributed by atoms with Crippen LogP contribution in [-0.4, -0.2) is 59.3 Å². The molecule has 0 radical (unpaired) electrons. The van der Waals surface area contributed by atoms with Gasteiger partial charge in [0.2, 0.25) is 0 Å². The molecule has 9 heteroatoms. The van der Waals surface area contributed by atoms with E-state index in [1.54, 1.807) is 18.2 Å². The molecule has 2 aromatic heterocycles. The highest BCUT2D eigenvalue weighted by Crippen LogP contribution is 2.39. The number of aromatic nitrogens is 4. The molecule has 0 bridgehead atoms. The second kappa shape index (κ2) is 6.37. The fourth-order valence-corrected chi connectivity index (χ4v) is 3.36. The lowest BCUT2D eigenvalue weighted by atomic mass is 9.96. The SMILES string of the molecule is C[C@@]1(O)[C@H](O)[C@@H](CO)O[C@H]1n1cnc2c(-c3cccc(C#N)c3)ncnc21. The van der Waals surface area contributed by atoms with E-state index in [9.17, 15) is 15.3 Å². The molecule has 3 aromatic rings. The molecule has 0 amide bonds. The van der Waals surface area contributed by atoms with Gasteiger partial charge in [0, 0.05) is 5.56 Å². The number of hydrogen-bond donors (Lipinski definition) is 3.